The summed E-state index contributed by atoms with van der Waals surface area (Å²) in [5, 5.41) is 6.02. The van der Waals surface area contributed by atoms with Gasteiger partial charge in [0.1, 0.15) is 0 Å². The topological polar surface area (TPSA) is 56.5 Å². The third-order valence-electron chi connectivity index (χ3n) is 5.77. The molecule has 3 heterocycles. The standard InChI is InChI=1S/C23H20F3N5S/c1-32-22-27-9-8-19(28-22)18-11-16-13-31(12-14-4-2-5-14)30-21(16)29-20(18)15-6-3-7-17(10-15)23(24,25)26/h3,6-11,13-14H,2,4-5,12H2,1H3. The van der Waals surface area contributed by atoms with Crippen molar-refractivity contribution in [2.24, 2.45) is 5.92 Å². The second kappa shape index (κ2) is 8.20. The van der Waals surface area contributed by atoms with Crippen molar-refractivity contribution < 1.29 is 13.2 Å². The molecule has 5 rings (SSSR count). The van der Waals surface area contributed by atoms with Gasteiger partial charge >= 0.3 is 6.18 Å². The molecule has 4 aromatic rings. The van der Waals surface area contributed by atoms with Crippen molar-refractivity contribution in [3.8, 4) is 22.5 Å². The van der Waals surface area contributed by atoms with E-state index in [9.17, 15) is 13.2 Å². The fourth-order valence-corrected chi connectivity index (χ4v) is 4.24. The minimum absolute atomic E-state index is 0.370. The fraction of sp³-hybridized carbons (Fsp3) is 0.304. The summed E-state index contributed by atoms with van der Waals surface area (Å²) in [6.45, 7) is 0.828. The van der Waals surface area contributed by atoms with E-state index in [1.807, 2.05) is 23.2 Å². The van der Waals surface area contributed by atoms with Gasteiger partial charge in [-0.25, -0.2) is 15.0 Å². The Bertz CT molecular complexity index is 1280. The molecule has 1 saturated carbocycles. The average Bonchev–Trinajstić information content (AvgIpc) is 3.16. The van der Waals surface area contributed by atoms with E-state index in [4.69, 9.17) is 4.98 Å². The number of thioether (sulfide) groups is 1. The molecule has 0 aliphatic heterocycles. The van der Waals surface area contributed by atoms with Crippen LogP contribution in [0.3, 0.4) is 0 Å². The van der Waals surface area contributed by atoms with Crippen LogP contribution in [0, 0.1) is 5.92 Å². The molecule has 5 nitrogen and oxygen atoms in total. The monoisotopic (exact) mass is 455 g/mol. The Labute approximate surface area is 187 Å². The maximum Gasteiger partial charge on any atom is 0.416 e. The van der Waals surface area contributed by atoms with Crippen LogP contribution >= 0.6 is 11.8 Å². The predicted octanol–water partition coefficient (Wildman–Crippen LogP) is 6.10. The summed E-state index contributed by atoms with van der Waals surface area (Å²) in [7, 11) is 0. The van der Waals surface area contributed by atoms with E-state index in [0.717, 1.165) is 24.1 Å². The maximum atomic E-state index is 13.4. The zero-order valence-electron chi connectivity index (χ0n) is 17.3. The van der Waals surface area contributed by atoms with Crippen LogP contribution in [-0.4, -0.2) is 31.0 Å². The first-order valence-electron chi connectivity index (χ1n) is 10.3. The van der Waals surface area contributed by atoms with Crippen LogP contribution in [0.25, 0.3) is 33.5 Å². The number of pyridine rings is 1. The maximum absolute atomic E-state index is 13.4. The molecule has 0 spiro atoms. The van der Waals surface area contributed by atoms with E-state index in [1.165, 1.54) is 37.1 Å². The smallest absolute Gasteiger partial charge is 0.270 e. The molecule has 0 unspecified atom stereocenters. The van der Waals surface area contributed by atoms with Gasteiger partial charge in [-0.2, -0.15) is 18.3 Å². The van der Waals surface area contributed by atoms with Gasteiger partial charge in [-0.1, -0.05) is 30.3 Å². The molecule has 9 heteroatoms. The molecule has 3 aromatic heterocycles. The summed E-state index contributed by atoms with van der Waals surface area (Å²) in [6, 6.07) is 8.88. The van der Waals surface area contributed by atoms with E-state index in [-0.39, 0.29) is 0 Å². The van der Waals surface area contributed by atoms with Crippen LogP contribution in [0.4, 0.5) is 13.2 Å². The van der Waals surface area contributed by atoms with Crippen LogP contribution < -0.4 is 0 Å². The third-order valence-corrected chi connectivity index (χ3v) is 6.33. The molecule has 1 aliphatic carbocycles. The summed E-state index contributed by atoms with van der Waals surface area (Å²) in [4.78, 5) is 13.5. The van der Waals surface area contributed by atoms with Crippen LogP contribution in [0.2, 0.25) is 0 Å². The van der Waals surface area contributed by atoms with E-state index in [0.29, 0.717) is 39.2 Å². The predicted molar refractivity (Wildman–Crippen MR) is 118 cm³/mol. The van der Waals surface area contributed by atoms with Crippen molar-refractivity contribution in [3.05, 3.63) is 54.4 Å². The van der Waals surface area contributed by atoms with Gasteiger partial charge in [0.05, 0.1) is 17.0 Å². The van der Waals surface area contributed by atoms with Crippen molar-refractivity contribution in [3.63, 3.8) is 0 Å². The van der Waals surface area contributed by atoms with E-state index >= 15 is 0 Å². The van der Waals surface area contributed by atoms with Gasteiger partial charge in [-0.15, -0.1) is 0 Å². The molecule has 0 saturated heterocycles. The van der Waals surface area contributed by atoms with Gasteiger partial charge in [-0.05, 0) is 49.3 Å². The lowest BCUT2D eigenvalue weighted by atomic mass is 9.85. The van der Waals surface area contributed by atoms with Gasteiger partial charge in [0, 0.05) is 35.5 Å². The SMILES string of the molecule is CSc1nccc(-c2cc3cn(CC4CCC4)nc3nc2-c2cccc(C(F)(F)F)c2)n1. The molecule has 0 bridgehead atoms. The molecule has 0 amide bonds. The second-order valence-corrected chi connectivity index (χ2v) is 8.73. The van der Waals surface area contributed by atoms with Crippen LogP contribution in [-0.2, 0) is 12.7 Å². The summed E-state index contributed by atoms with van der Waals surface area (Å²) >= 11 is 1.40. The minimum atomic E-state index is -4.44. The molecule has 32 heavy (non-hydrogen) atoms. The first-order chi connectivity index (χ1) is 15.4. The Hall–Kier alpha value is -2.94. The second-order valence-electron chi connectivity index (χ2n) is 7.95. The van der Waals surface area contributed by atoms with Crippen LogP contribution in [0.1, 0.15) is 24.8 Å². The van der Waals surface area contributed by atoms with Crippen molar-refractivity contribution in [2.45, 2.75) is 37.1 Å². The van der Waals surface area contributed by atoms with Crippen molar-refractivity contribution in [2.75, 3.05) is 6.26 Å². The highest BCUT2D eigenvalue weighted by molar-refractivity contribution is 7.98. The summed E-state index contributed by atoms with van der Waals surface area (Å²) in [5.41, 5.74) is 1.85. The minimum Gasteiger partial charge on any atom is -0.270 e. The number of benzene rings is 1. The molecule has 0 N–H and O–H groups in total. The lowest BCUT2D eigenvalue weighted by Crippen LogP contribution is -2.18. The van der Waals surface area contributed by atoms with Crippen molar-refractivity contribution in [1.82, 2.24) is 24.7 Å². The van der Waals surface area contributed by atoms with E-state index < -0.39 is 11.7 Å². The Kier molecular flexibility index (Phi) is 5.36. The number of aromatic nitrogens is 5. The Morgan fingerprint density at radius 1 is 1.12 bits per heavy atom. The summed E-state index contributed by atoms with van der Waals surface area (Å²) in [6.07, 6.45) is 4.68. The Balaban J connectivity index is 1.68. The van der Waals surface area contributed by atoms with Gasteiger partial charge in [0.25, 0.3) is 0 Å². The highest BCUT2D eigenvalue weighted by Crippen LogP contribution is 2.36. The van der Waals surface area contributed by atoms with Gasteiger partial charge in [0.15, 0.2) is 10.8 Å². The summed E-state index contributed by atoms with van der Waals surface area (Å²) in [5.74, 6) is 0.623. The molecule has 1 aliphatic rings. The van der Waals surface area contributed by atoms with Gasteiger partial charge in [0.2, 0.25) is 0 Å². The number of hydrogen-bond acceptors (Lipinski definition) is 5. The molecule has 1 aromatic carbocycles. The van der Waals surface area contributed by atoms with E-state index in [1.54, 1.807) is 18.3 Å². The first kappa shape index (κ1) is 20.9. The van der Waals surface area contributed by atoms with Crippen molar-refractivity contribution in [1.29, 1.82) is 0 Å². The molecule has 1 fully saturated rings. The number of alkyl halides is 3. The van der Waals surface area contributed by atoms with Gasteiger partial charge in [-0.3, -0.25) is 4.68 Å². The highest BCUT2D eigenvalue weighted by atomic mass is 32.2. The van der Waals surface area contributed by atoms with Crippen molar-refractivity contribution >= 4 is 22.8 Å². The molecule has 0 atom stereocenters. The lowest BCUT2D eigenvalue weighted by molar-refractivity contribution is -0.137. The highest BCUT2D eigenvalue weighted by Gasteiger charge is 2.31. The Morgan fingerprint density at radius 2 is 1.97 bits per heavy atom. The Morgan fingerprint density at radius 3 is 2.69 bits per heavy atom. The molecule has 0 radical (unpaired) electrons. The zero-order chi connectivity index (χ0) is 22.3. The van der Waals surface area contributed by atoms with Crippen LogP contribution in [0.5, 0.6) is 0 Å². The van der Waals surface area contributed by atoms with Crippen LogP contribution in [0.15, 0.2) is 53.9 Å². The average molecular weight is 456 g/mol. The fourth-order valence-electron chi connectivity index (χ4n) is 3.89. The zero-order valence-corrected chi connectivity index (χ0v) is 18.1. The van der Waals surface area contributed by atoms with Gasteiger partial charge < -0.3 is 0 Å². The third kappa shape index (κ3) is 4.09. The number of halogens is 3. The molecular formula is C23H20F3N5S. The van der Waals surface area contributed by atoms with E-state index in [2.05, 4.69) is 15.1 Å². The number of hydrogen-bond donors (Lipinski definition) is 0. The largest absolute Gasteiger partial charge is 0.416 e. The lowest BCUT2D eigenvalue weighted by Gasteiger charge is -2.24. The quantitative estimate of drug-likeness (QED) is 0.269. The number of nitrogens with zero attached hydrogens (tertiary/aromatic N) is 5. The number of rotatable bonds is 5. The first-order valence-corrected chi connectivity index (χ1v) is 11.6. The number of fused-ring (bicyclic) bond motifs is 1. The summed E-state index contributed by atoms with van der Waals surface area (Å²) < 4.78 is 42.0. The molecule has 164 valence electrons. The normalized spacial score (nSPS) is 14.6. The molecular weight excluding hydrogens is 435 g/mol.